The summed E-state index contributed by atoms with van der Waals surface area (Å²) in [4.78, 5) is 26.4. The van der Waals surface area contributed by atoms with Gasteiger partial charge in [0.25, 0.3) is 5.91 Å². The lowest BCUT2D eigenvalue weighted by atomic mass is 9.86. The van der Waals surface area contributed by atoms with Crippen molar-refractivity contribution >= 4 is 17.5 Å². The minimum Gasteiger partial charge on any atom is -0.493 e. The Labute approximate surface area is 183 Å². The van der Waals surface area contributed by atoms with Gasteiger partial charge in [-0.3, -0.25) is 14.5 Å². The number of amides is 2. The molecular weight excluding hydrogens is 396 g/mol. The Bertz CT molecular complexity index is 965. The van der Waals surface area contributed by atoms with Gasteiger partial charge in [0, 0.05) is 6.54 Å². The second kappa shape index (κ2) is 9.29. The largest absolute Gasteiger partial charge is 0.493 e. The summed E-state index contributed by atoms with van der Waals surface area (Å²) in [5, 5.41) is 2.89. The number of nitrogens with one attached hydrogen (secondary N) is 1. The fourth-order valence-electron chi connectivity index (χ4n) is 3.43. The van der Waals surface area contributed by atoms with E-state index in [2.05, 4.69) is 26.1 Å². The van der Waals surface area contributed by atoms with E-state index in [1.54, 1.807) is 14.2 Å². The number of methoxy groups -OCH3 is 2. The Morgan fingerprint density at radius 1 is 1.10 bits per heavy atom. The smallest absolute Gasteiger partial charge is 0.265 e. The molecule has 7 nitrogen and oxygen atoms in total. The van der Waals surface area contributed by atoms with Crippen LogP contribution in [0, 0.1) is 0 Å². The van der Waals surface area contributed by atoms with E-state index in [9.17, 15) is 9.59 Å². The standard InChI is InChI=1S/C24H30N2O5/c1-24(2,3)17-7-8-18-20(13-17)31-15-23(28)26(18)14-22(27)25-11-10-16-6-9-19(29-4)21(12-16)30-5/h6-9,12-13H,10-11,14-15H2,1-5H3,(H,25,27). The molecule has 0 bridgehead atoms. The van der Waals surface area contributed by atoms with Crippen molar-refractivity contribution in [1.29, 1.82) is 0 Å². The minimum absolute atomic E-state index is 0.0355. The maximum absolute atomic E-state index is 12.5. The number of fused-ring (bicyclic) bond motifs is 1. The van der Waals surface area contributed by atoms with Gasteiger partial charge >= 0.3 is 0 Å². The lowest BCUT2D eigenvalue weighted by Gasteiger charge is -2.30. The number of hydrogen-bond acceptors (Lipinski definition) is 5. The van der Waals surface area contributed by atoms with Gasteiger partial charge in [-0.05, 0) is 47.2 Å². The highest BCUT2D eigenvalue weighted by atomic mass is 16.5. The number of anilines is 1. The first-order chi connectivity index (χ1) is 14.7. The summed E-state index contributed by atoms with van der Waals surface area (Å²) in [5.41, 5.74) is 2.71. The monoisotopic (exact) mass is 426 g/mol. The van der Waals surface area contributed by atoms with E-state index >= 15 is 0 Å². The third-order valence-corrected chi connectivity index (χ3v) is 5.25. The van der Waals surface area contributed by atoms with Crippen LogP contribution in [0.2, 0.25) is 0 Å². The number of hydrogen-bond donors (Lipinski definition) is 1. The van der Waals surface area contributed by atoms with Gasteiger partial charge in [-0.25, -0.2) is 0 Å². The topological polar surface area (TPSA) is 77.1 Å². The number of carbonyl (C=O) groups excluding carboxylic acids is 2. The van der Waals surface area contributed by atoms with Crippen LogP contribution in [0.1, 0.15) is 31.9 Å². The van der Waals surface area contributed by atoms with Crippen molar-refractivity contribution in [3.8, 4) is 17.2 Å². The van der Waals surface area contributed by atoms with Crippen molar-refractivity contribution < 1.29 is 23.8 Å². The molecule has 31 heavy (non-hydrogen) atoms. The Hall–Kier alpha value is -3.22. The molecule has 3 rings (SSSR count). The molecule has 1 N–H and O–H groups in total. The molecule has 0 aromatic heterocycles. The van der Waals surface area contributed by atoms with Gasteiger partial charge < -0.3 is 19.5 Å². The normalized spacial score (nSPS) is 13.3. The molecule has 0 unspecified atom stereocenters. The van der Waals surface area contributed by atoms with Gasteiger partial charge in [0.15, 0.2) is 18.1 Å². The van der Waals surface area contributed by atoms with Gasteiger partial charge in [0.2, 0.25) is 5.91 Å². The van der Waals surface area contributed by atoms with Crippen LogP contribution in [-0.2, 0) is 21.4 Å². The first-order valence-corrected chi connectivity index (χ1v) is 10.3. The molecule has 0 atom stereocenters. The Morgan fingerprint density at radius 3 is 2.52 bits per heavy atom. The molecule has 0 saturated carbocycles. The van der Waals surface area contributed by atoms with E-state index in [-0.39, 0.29) is 30.4 Å². The molecule has 0 saturated heterocycles. The van der Waals surface area contributed by atoms with Gasteiger partial charge in [0.1, 0.15) is 12.3 Å². The molecule has 1 aliphatic heterocycles. The van der Waals surface area contributed by atoms with E-state index in [0.29, 0.717) is 35.9 Å². The zero-order chi connectivity index (χ0) is 22.6. The minimum atomic E-state index is -0.231. The molecule has 0 spiro atoms. The van der Waals surface area contributed by atoms with Crippen LogP contribution in [0.5, 0.6) is 17.2 Å². The van der Waals surface area contributed by atoms with Crippen molar-refractivity contribution in [2.45, 2.75) is 32.6 Å². The van der Waals surface area contributed by atoms with Crippen LogP contribution < -0.4 is 24.4 Å². The summed E-state index contributed by atoms with van der Waals surface area (Å²) >= 11 is 0. The third-order valence-electron chi connectivity index (χ3n) is 5.25. The van der Waals surface area contributed by atoms with Crippen LogP contribution in [0.4, 0.5) is 5.69 Å². The van der Waals surface area contributed by atoms with Crippen LogP contribution in [0.15, 0.2) is 36.4 Å². The van der Waals surface area contributed by atoms with Crippen LogP contribution in [0.25, 0.3) is 0 Å². The van der Waals surface area contributed by atoms with Crippen LogP contribution in [0.3, 0.4) is 0 Å². The maximum Gasteiger partial charge on any atom is 0.265 e. The van der Waals surface area contributed by atoms with E-state index in [4.69, 9.17) is 14.2 Å². The Morgan fingerprint density at radius 2 is 1.84 bits per heavy atom. The summed E-state index contributed by atoms with van der Waals surface area (Å²) in [6.07, 6.45) is 0.634. The SMILES string of the molecule is COc1ccc(CCNC(=O)CN2C(=O)COc3cc(C(C)(C)C)ccc32)cc1OC. The quantitative estimate of drug-likeness (QED) is 0.736. The van der Waals surface area contributed by atoms with Crippen molar-refractivity contribution in [2.24, 2.45) is 0 Å². The molecular formula is C24H30N2O5. The molecule has 7 heteroatoms. The highest BCUT2D eigenvalue weighted by Crippen LogP contribution is 2.36. The van der Waals surface area contributed by atoms with E-state index in [0.717, 1.165) is 11.1 Å². The molecule has 2 aromatic carbocycles. The zero-order valence-corrected chi connectivity index (χ0v) is 18.8. The van der Waals surface area contributed by atoms with Crippen LogP contribution in [-0.4, -0.2) is 45.7 Å². The Balaban J connectivity index is 1.61. The number of benzene rings is 2. The third kappa shape index (κ3) is 5.29. The van der Waals surface area contributed by atoms with Crippen molar-refractivity contribution in [1.82, 2.24) is 5.32 Å². The van der Waals surface area contributed by atoms with Gasteiger partial charge in [0.05, 0.1) is 19.9 Å². The number of ether oxygens (including phenoxy) is 3. The molecule has 0 fully saturated rings. The van der Waals surface area contributed by atoms with Gasteiger partial charge in [-0.2, -0.15) is 0 Å². The van der Waals surface area contributed by atoms with E-state index < -0.39 is 0 Å². The molecule has 1 aliphatic rings. The maximum atomic E-state index is 12.5. The molecule has 2 amide bonds. The van der Waals surface area contributed by atoms with E-state index in [1.807, 2.05) is 36.4 Å². The zero-order valence-electron chi connectivity index (χ0n) is 18.8. The second-order valence-corrected chi connectivity index (χ2v) is 8.49. The molecule has 0 aliphatic carbocycles. The average molecular weight is 427 g/mol. The van der Waals surface area contributed by atoms with Crippen LogP contribution >= 0.6 is 0 Å². The lowest BCUT2D eigenvalue weighted by molar-refractivity contribution is -0.125. The summed E-state index contributed by atoms with van der Waals surface area (Å²) in [6, 6.07) is 11.4. The van der Waals surface area contributed by atoms with Gasteiger partial charge in [-0.1, -0.05) is 32.9 Å². The molecule has 2 aromatic rings. The fourth-order valence-corrected chi connectivity index (χ4v) is 3.43. The first-order valence-electron chi connectivity index (χ1n) is 10.3. The highest BCUT2D eigenvalue weighted by molar-refractivity contribution is 6.02. The van der Waals surface area contributed by atoms with Gasteiger partial charge in [-0.15, -0.1) is 0 Å². The average Bonchev–Trinajstić information content (AvgIpc) is 2.74. The Kier molecular flexibility index (Phi) is 6.73. The molecule has 166 valence electrons. The first kappa shape index (κ1) is 22.5. The lowest BCUT2D eigenvalue weighted by Crippen LogP contribution is -2.45. The predicted molar refractivity (Wildman–Crippen MR) is 119 cm³/mol. The summed E-state index contributed by atoms with van der Waals surface area (Å²) in [5.74, 6) is 1.49. The summed E-state index contributed by atoms with van der Waals surface area (Å²) in [7, 11) is 3.18. The van der Waals surface area contributed by atoms with Crippen molar-refractivity contribution in [2.75, 3.05) is 38.8 Å². The van der Waals surface area contributed by atoms with Crippen molar-refractivity contribution in [3.63, 3.8) is 0 Å². The van der Waals surface area contributed by atoms with Crippen molar-refractivity contribution in [3.05, 3.63) is 47.5 Å². The number of carbonyl (C=O) groups is 2. The highest BCUT2D eigenvalue weighted by Gasteiger charge is 2.28. The summed E-state index contributed by atoms with van der Waals surface area (Å²) < 4.78 is 16.2. The van der Waals surface area contributed by atoms with E-state index in [1.165, 1.54) is 4.90 Å². The molecule has 1 heterocycles. The molecule has 0 radical (unpaired) electrons. The fraction of sp³-hybridized carbons (Fsp3) is 0.417. The number of nitrogens with zero attached hydrogens (tertiary/aromatic N) is 1. The predicted octanol–water partition coefficient (Wildman–Crippen LogP) is 3.09. The second-order valence-electron chi connectivity index (χ2n) is 8.49. The summed E-state index contributed by atoms with van der Waals surface area (Å²) in [6.45, 7) is 6.68. The number of rotatable bonds is 7.